The van der Waals surface area contributed by atoms with E-state index >= 15 is 0 Å². The molecule has 1 unspecified atom stereocenters. The molecule has 0 aromatic heterocycles. The van der Waals surface area contributed by atoms with Crippen LogP contribution in [0.4, 0.5) is 4.79 Å². The molecule has 1 aliphatic carbocycles. The van der Waals surface area contributed by atoms with Gasteiger partial charge in [0.25, 0.3) is 0 Å². The third-order valence-corrected chi connectivity index (χ3v) is 7.01. The third kappa shape index (κ3) is 3.96. The molecule has 4 rings (SSSR count). The zero-order valence-corrected chi connectivity index (χ0v) is 19.7. The lowest BCUT2D eigenvalue weighted by Gasteiger charge is -2.47. The quantitative estimate of drug-likeness (QED) is 0.582. The topological polar surface area (TPSA) is 125 Å². The van der Waals surface area contributed by atoms with Gasteiger partial charge in [-0.2, -0.15) is 15.8 Å². The highest BCUT2D eigenvalue weighted by Crippen LogP contribution is 2.53. The number of fused-ring (bicyclic) bond motifs is 1. The average Bonchev–Trinajstić information content (AvgIpc) is 2.88. The molecule has 1 aliphatic heterocycles. The first-order valence-corrected chi connectivity index (χ1v) is 11.5. The molecule has 1 amide bonds. The molecule has 168 valence electrons. The van der Waals surface area contributed by atoms with Crippen molar-refractivity contribution in [2.75, 3.05) is 13.1 Å². The lowest BCUT2D eigenvalue weighted by atomic mass is 9.54. The number of hydrogen-bond acceptors (Lipinski definition) is 6. The van der Waals surface area contributed by atoms with E-state index in [9.17, 15) is 20.6 Å². The molecule has 0 saturated heterocycles. The zero-order valence-electron chi connectivity index (χ0n) is 18.1. The van der Waals surface area contributed by atoms with Crippen molar-refractivity contribution in [3.63, 3.8) is 0 Å². The van der Waals surface area contributed by atoms with Gasteiger partial charge in [0.15, 0.2) is 5.41 Å². The Labute approximate surface area is 206 Å². The van der Waals surface area contributed by atoms with Crippen LogP contribution in [0.3, 0.4) is 0 Å². The Morgan fingerprint density at radius 2 is 1.79 bits per heavy atom. The second kappa shape index (κ2) is 9.51. The van der Waals surface area contributed by atoms with Gasteiger partial charge in [0.2, 0.25) is 0 Å². The summed E-state index contributed by atoms with van der Waals surface area (Å²) in [5.74, 6) is -2.19. The van der Waals surface area contributed by atoms with E-state index in [1.165, 1.54) is 4.90 Å². The van der Waals surface area contributed by atoms with E-state index in [1.54, 1.807) is 6.08 Å². The van der Waals surface area contributed by atoms with Crippen LogP contribution in [0.15, 0.2) is 70.7 Å². The molecular formula is C26H20BrN5O2. The van der Waals surface area contributed by atoms with Gasteiger partial charge in [-0.3, -0.25) is 0 Å². The van der Waals surface area contributed by atoms with Crippen molar-refractivity contribution < 1.29 is 9.53 Å². The molecule has 7 nitrogen and oxygen atoms in total. The van der Waals surface area contributed by atoms with E-state index in [2.05, 4.69) is 34.1 Å². The van der Waals surface area contributed by atoms with Gasteiger partial charge in [0, 0.05) is 29.4 Å². The summed E-state index contributed by atoms with van der Waals surface area (Å²) in [7, 11) is 0. The minimum absolute atomic E-state index is 0.124. The molecule has 1 saturated carbocycles. The van der Waals surface area contributed by atoms with E-state index in [-0.39, 0.29) is 25.4 Å². The fourth-order valence-electron chi connectivity index (χ4n) is 4.81. The summed E-state index contributed by atoms with van der Waals surface area (Å²) >= 11 is 3.40. The van der Waals surface area contributed by atoms with Gasteiger partial charge in [0.1, 0.15) is 12.5 Å². The second-order valence-electron chi connectivity index (χ2n) is 8.29. The number of rotatable bonds is 3. The van der Waals surface area contributed by atoms with E-state index in [0.717, 1.165) is 10.0 Å². The fourth-order valence-corrected chi connectivity index (χ4v) is 5.08. The second-order valence-corrected chi connectivity index (χ2v) is 9.21. The lowest BCUT2D eigenvalue weighted by molar-refractivity contribution is 0.0892. The first-order valence-electron chi connectivity index (χ1n) is 10.7. The van der Waals surface area contributed by atoms with Crippen LogP contribution in [-0.4, -0.2) is 29.8 Å². The summed E-state index contributed by atoms with van der Waals surface area (Å²) in [6, 6.07) is 22.8. The van der Waals surface area contributed by atoms with Crippen molar-refractivity contribution in [1.82, 2.24) is 4.90 Å². The highest BCUT2D eigenvalue weighted by molar-refractivity contribution is 9.10. The Morgan fingerprint density at radius 3 is 2.41 bits per heavy atom. The average molecular weight is 514 g/mol. The first kappa shape index (κ1) is 23.2. The van der Waals surface area contributed by atoms with Gasteiger partial charge in [-0.15, -0.1) is 0 Å². The van der Waals surface area contributed by atoms with Crippen LogP contribution in [-0.2, 0) is 11.3 Å². The molecule has 3 atom stereocenters. The van der Waals surface area contributed by atoms with Crippen molar-refractivity contribution in [2.45, 2.75) is 12.5 Å². The number of carbonyl (C=O) groups excluding carboxylic acids is 1. The van der Waals surface area contributed by atoms with Crippen LogP contribution in [0.25, 0.3) is 0 Å². The SMILES string of the molecule is N#CC1C(=N)C(C#N)(C#N)[C@H](c2ccc(Br)cc2)[C@H]2CN(C(=O)OCc3ccccc3)CC=C12. The van der Waals surface area contributed by atoms with Crippen LogP contribution in [0.1, 0.15) is 17.0 Å². The van der Waals surface area contributed by atoms with Crippen LogP contribution in [0.2, 0.25) is 0 Å². The summed E-state index contributed by atoms with van der Waals surface area (Å²) in [4.78, 5) is 14.4. The molecule has 1 heterocycles. The Hall–Kier alpha value is -3.93. The minimum atomic E-state index is -1.83. The maximum absolute atomic E-state index is 12.9. The number of carbonyl (C=O) groups is 1. The van der Waals surface area contributed by atoms with Crippen LogP contribution >= 0.6 is 15.9 Å². The summed E-state index contributed by atoms with van der Waals surface area (Å²) in [5.41, 5.74) is 0.195. The number of hydrogen-bond donors (Lipinski definition) is 1. The van der Waals surface area contributed by atoms with E-state index in [1.807, 2.05) is 54.6 Å². The van der Waals surface area contributed by atoms with Gasteiger partial charge in [-0.1, -0.05) is 64.5 Å². The number of amides is 1. The summed E-state index contributed by atoms with van der Waals surface area (Å²) in [6.07, 6.45) is 1.26. The molecule has 0 bridgehead atoms. The maximum atomic E-state index is 12.9. The molecule has 0 spiro atoms. The van der Waals surface area contributed by atoms with Gasteiger partial charge >= 0.3 is 6.09 Å². The van der Waals surface area contributed by atoms with Crippen molar-refractivity contribution in [1.29, 1.82) is 21.2 Å². The maximum Gasteiger partial charge on any atom is 0.410 e. The summed E-state index contributed by atoms with van der Waals surface area (Å²) < 4.78 is 6.33. The van der Waals surface area contributed by atoms with Gasteiger partial charge in [0.05, 0.1) is 23.9 Å². The molecule has 1 fully saturated rings. The molecule has 0 radical (unpaired) electrons. The van der Waals surface area contributed by atoms with Gasteiger partial charge in [-0.05, 0) is 28.8 Å². The van der Waals surface area contributed by atoms with E-state index in [0.29, 0.717) is 11.1 Å². The van der Waals surface area contributed by atoms with Gasteiger partial charge in [-0.25, -0.2) is 4.79 Å². The predicted octanol–water partition coefficient (Wildman–Crippen LogP) is 4.93. The highest BCUT2D eigenvalue weighted by atomic mass is 79.9. The largest absolute Gasteiger partial charge is 0.445 e. The van der Waals surface area contributed by atoms with E-state index < -0.39 is 29.3 Å². The Bertz CT molecular complexity index is 1250. The molecule has 2 aromatic rings. The molecule has 34 heavy (non-hydrogen) atoms. The van der Waals surface area contributed by atoms with Crippen molar-refractivity contribution in [3.05, 3.63) is 81.8 Å². The smallest absolute Gasteiger partial charge is 0.410 e. The third-order valence-electron chi connectivity index (χ3n) is 6.48. The fraction of sp³-hybridized carbons (Fsp3) is 0.269. The van der Waals surface area contributed by atoms with Crippen molar-refractivity contribution in [2.24, 2.45) is 17.3 Å². The normalized spacial score (nSPS) is 22.9. The standard InChI is InChI=1S/C26H20BrN5O2/c27-19-8-6-18(7-9-19)23-22-13-32(25(33)34-14-17-4-2-1-3-5-17)11-10-20(22)21(12-28)24(31)26(23,15-29)16-30/h1-10,21-23,31H,11,13-14H2/t21?,22-,23+/m0/s1. The number of nitriles is 3. The van der Waals surface area contributed by atoms with Gasteiger partial charge < -0.3 is 15.0 Å². The van der Waals surface area contributed by atoms with Crippen molar-refractivity contribution >= 4 is 27.7 Å². The first-order chi connectivity index (χ1) is 16.4. The van der Waals surface area contributed by atoms with E-state index in [4.69, 9.17) is 10.1 Å². The minimum Gasteiger partial charge on any atom is -0.445 e. The zero-order chi connectivity index (χ0) is 24.3. The summed E-state index contributed by atoms with van der Waals surface area (Å²) in [6.45, 7) is 0.528. The summed E-state index contributed by atoms with van der Waals surface area (Å²) in [5, 5.41) is 38.8. The monoisotopic (exact) mass is 513 g/mol. The number of benzene rings is 2. The number of nitrogens with zero attached hydrogens (tertiary/aromatic N) is 4. The molecule has 8 heteroatoms. The van der Waals surface area contributed by atoms with Crippen molar-refractivity contribution in [3.8, 4) is 18.2 Å². The Morgan fingerprint density at radius 1 is 1.12 bits per heavy atom. The number of ether oxygens (including phenoxy) is 1. The Balaban J connectivity index is 1.70. The molecule has 2 aromatic carbocycles. The molecular weight excluding hydrogens is 494 g/mol. The number of halogens is 1. The lowest BCUT2D eigenvalue weighted by Crippen LogP contribution is -2.53. The number of nitrogens with one attached hydrogen (secondary N) is 1. The predicted molar refractivity (Wildman–Crippen MR) is 127 cm³/mol. The van der Waals surface area contributed by atoms with Crippen LogP contribution in [0, 0.1) is 56.7 Å². The molecule has 1 N–H and O–H groups in total. The van der Waals surface area contributed by atoms with Crippen LogP contribution in [0.5, 0.6) is 0 Å². The Kier molecular flexibility index (Phi) is 6.50. The molecule has 2 aliphatic rings. The highest BCUT2D eigenvalue weighted by Gasteiger charge is 2.58. The van der Waals surface area contributed by atoms with Crippen LogP contribution < -0.4 is 0 Å².